The molecule has 0 bridgehead atoms. The average molecular weight is 191 g/mol. The fourth-order valence-electron chi connectivity index (χ4n) is 0.800. The van der Waals surface area contributed by atoms with E-state index in [0.29, 0.717) is 12.3 Å². The molecule has 0 aliphatic rings. The van der Waals surface area contributed by atoms with Crippen LogP contribution in [0.5, 0.6) is 0 Å². The molecule has 0 radical (unpaired) electrons. The molecule has 3 nitrogen and oxygen atoms in total. The number of carbonyl (C=O) groups is 1. The van der Waals surface area contributed by atoms with Crippen LogP contribution in [0.3, 0.4) is 0 Å². The molecule has 70 valence electrons. The predicted molar refractivity (Wildman–Crippen MR) is 36.1 cm³/mol. The van der Waals surface area contributed by atoms with Crippen molar-refractivity contribution in [3.63, 3.8) is 0 Å². The summed E-state index contributed by atoms with van der Waals surface area (Å²) in [5.41, 5.74) is -1.73. The summed E-state index contributed by atoms with van der Waals surface area (Å²) in [6.07, 6.45) is -2.47. The zero-order valence-electron chi connectivity index (χ0n) is 6.17. The molecular weight excluding hydrogens is 187 g/mol. The summed E-state index contributed by atoms with van der Waals surface area (Å²) in [4.78, 5) is 13.4. The normalized spacial score (nSPS) is 10.5. The zero-order chi connectivity index (χ0) is 10.0. The van der Waals surface area contributed by atoms with Gasteiger partial charge in [0, 0.05) is 0 Å². The fourth-order valence-corrected chi connectivity index (χ4v) is 0.800. The summed E-state index contributed by atoms with van der Waals surface area (Å²) in [5, 5.41) is 8.39. The number of halogens is 3. The van der Waals surface area contributed by atoms with E-state index in [1.807, 2.05) is 0 Å². The zero-order valence-corrected chi connectivity index (χ0v) is 6.17. The van der Waals surface area contributed by atoms with Gasteiger partial charge in [-0.2, -0.15) is 0 Å². The van der Waals surface area contributed by atoms with Gasteiger partial charge in [-0.05, 0) is 6.07 Å². The first-order valence-electron chi connectivity index (χ1n) is 3.19. The molecule has 0 unspecified atom stereocenters. The third kappa shape index (κ3) is 1.95. The van der Waals surface area contributed by atoms with Crippen molar-refractivity contribution in [2.45, 2.75) is 6.43 Å². The number of aromatic carboxylic acids is 1. The van der Waals surface area contributed by atoms with E-state index in [1.165, 1.54) is 0 Å². The summed E-state index contributed by atoms with van der Waals surface area (Å²) in [5.74, 6) is -2.59. The van der Waals surface area contributed by atoms with Crippen LogP contribution in [0.1, 0.15) is 22.5 Å². The third-order valence-electron chi connectivity index (χ3n) is 1.32. The summed E-state index contributed by atoms with van der Waals surface area (Å²) in [6, 6.07) is 0.459. The van der Waals surface area contributed by atoms with Gasteiger partial charge in [-0.25, -0.2) is 22.9 Å². The minimum Gasteiger partial charge on any atom is -0.476 e. The lowest BCUT2D eigenvalue weighted by molar-refractivity contribution is 0.0677. The Morgan fingerprint density at radius 3 is 2.62 bits per heavy atom. The number of carboxylic acid groups (broad SMARTS) is 1. The standard InChI is InChI=1S/C7H4F3NO2/c8-3-1-4(6(9)10)5(7(12)13)11-2-3/h1-2,6H,(H,12,13). The van der Waals surface area contributed by atoms with Gasteiger partial charge < -0.3 is 5.11 Å². The molecule has 13 heavy (non-hydrogen) atoms. The lowest BCUT2D eigenvalue weighted by Crippen LogP contribution is -2.06. The Balaban J connectivity index is 3.26. The van der Waals surface area contributed by atoms with Gasteiger partial charge in [0.15, 0.2) is 5.69 Å². The lowest BCUT2D eigenvalue weighted by atomic mass is 10.2. The molecule has 1 heterocycles. The second-order valence-electron chi connectivity index (χ2n) is 2.20. The molecule has 0 atom stereocenters. The topological polar surface area (TPSA) is 50.2 Å². The smallest absolute Gasteiger partial charge is 0.354 e. The van der Waals surface area contributed by atoms with Gasteiger partial charge in [-0.15, -0.1) is 0 Å². The van der Waals surface area contributed by atoms with E-state index in [1.54, 1.807) is 0 Å². The van der Waals surface area contributed by atoms with Crippen molar-refractivity contribution >= 4 is 5.97 Å². The van der Waals surface area contributed by atoms with Crippen LogP contribution in [-0.4, -0.2) is 16.1 Å². The molecule has 1 aromatic heterocycles. The molecule has 0 aliphatic heterocycles. The van der Waals surface area contributed by atoms with E-state index >= 15 is 0 Å². The molecule has 0 fully saturated rings. The van der Waals surface area contributed by atoms with E-state index in [4.69, 9.17) is 5.11 Å². The van der Waals surface area contributed by atoms with E-state index in [9.17, 15) is 18.0 Å². The number of rotatable bonds is 2. The Morgan fingerprint density at radius 2 is 2.15 bits per heavy atom. The maximum Gasteiger partial charge on any atom is 0.354 e. The Morgan fingerprint density at radius 1 is 1.54 bits per heavy atom. The number of alkyl halides is 2. The Labute approximate surface area is 70.8 Å². The molecule has 0 saturated heterocycles. The predicted octanol–water partition coefficient (Wildman–Crippen LogP) is 1.86. The summed E-state index contributed by atoms with van der Waals surface area (Å²) in [6.45, 7) is 0. The number of hydrogen-bond acceptors (Lipinski definition) is 2. The SMILES string of the molecule is O=C(O)c1ncc(F)cc1C(F)F. The molecule has 0 amide bonds. The van der Waals surface area contributed by atoms with E-state index < -0.39 is 29.5 Å². The number of hydrogen-bond donors (Lipinski definition) is 1. The lowest BCUT2D eigenvalue weighted by Gasteiger charge is -2.02. The van der Waals surface area contributed by atoms with Gasteiger partial charge in [-0.3, -0.25) is 0 Å². The second-order valence-corrected chi connectivity index (χ2v) is 2.20. The highest BCUT2D eigenvalue weighted by atomic mass is 19.3. The monoisotopic (exact) mass is 191 g/mol. The summed E-state index contributed by atoms with van der Waals surface area (Å²) < 4.78 is 36.6. The van der Waals surface area contributed by atoms with Crippen molar-refractivity contribution in [1.29, 1.82) is 0 Å². The molecular formula is C7H4F3NO2. The van der Waals surface area contributed by atoms with E-state index in [-0.39, 0.29) is 0 Å². The summed E-state index contributed by atoms with van der Waals surface area (Å²) >= 11 is 0. The first-order valence-corrected chi connectivity index (χ1v) is 3.19. The number of carboxylic acids is 1. The van der Waals surface area contributed by atoms with Crippen LogP contribution >= 0.6 is 0 Å². The van der Waals surface area contributed by atoms with Crippen molar-refractivity contribution in [3.8, 4) is 0 Å². The van der Waals surface area contributed by atoms with Gasteiger partial charge in [0.05, 0.1) is 11.8 Å². The minimum absolute atomic E-state index is 0.459. The molecule has 1 rings (SSSR count). The first-order chi connectivity index (χ1) is 6.02. The molecule has 1 N–H and O–H groups in total. The van der Waals surface area contributed by atoms with Gasteiger partial charge in [-0.1, -0.05) is 0 Å². The number of aromatic nitrogens is 1. The quantitative estimate of drug-likeness (QED) is 0.776. The Bertz CT molecular complexity index is 341. The van der Waals surface area contributed by atoms with Gasteiger partial charge in [0.2, 0.25) is 0 Å². The highest BCUT2D eigenvalue weighted by Gasteiger charge is 2.19. The van der Waals surface area contributed by atoms with Gasteiger partial charge in [0.25, 0.3) is 6.43 Å². The highest BCUT2D eigenvalue weighted by Crippen LogP contribution is 2.22. The molecule has 0 aliphatic carbocycles. The molecule has 0 spiro atoms. The van der Waals surface area contributed by atoms with Crippen LogP contribution in [0, 0.1) is 5.82 Å². The minimum atomic E-state index is -3.05. The molecule has 1 aromatic rings. The average Bonchev–Trinajstić information content (AvgIpc) is 2.03. The van der Waals surface area contributed by atoms with Crippen LogP contribution in [0.2, 0.25) is 0 Å². The Kier molecular flexibility index (Phi) is 2.50. The van der Waals surface area contributed by atoms with Crippen molar-refractivity contribution in [2.75, 3.05) is 0 Å². The van der Waals surface area contributed by atoms with Crippen LogP contribution in [0.4, 0.5) is 13.2 Å². The summed E-state index contributed by atoms with van der Waals surface area (Å²) in [7, 11) is 0. The molecule has 0 saturated carbocycles. The first kappa shape index (κ1) is 9.50. The molecule has 0 aromatic carbocycles. The largest absolute Gasteiger partial charge is 0.476 e. The number of pyridine rings is 1. The fraction of sp³-hybridized carbons (Fsp3) is 0.143. The van der Waals surface area contributed by atoms with Crippen molar-refractivity contribution in [2.24, 2.45) is 0 Å². The highest BCUT2D eigenvalue weighted by molar-refractivity contribution is 5.87. The molecule has 6 heteroatoms. The van der Waals surface area contributed by atoms with Crippen molar-refractivity contribution in [3.05, 3.63) is 29.3 Å². The van der Waals surface area contributed by atoms with Crippen LogP contribution in [0.25, 0.3) is 0 Å². The van der Waals surface area contributed by atoms with Gasteiger partial charge in [0.1, 0.15) is 5.82 Å². The van der Waals surface area contributed by atoms with Gasteiger partial charge >= 0.3 is 5.97 Å². The van der Waals surface area contributed by atoms with Crippen molar-refractivity contribution < 1.29 is 23.1 Å². The number of nitrogens with zero attached hydrogens (tertiary/aromatic N) is 1. The maximum absolute atomic E-state index is 12.4. The van der Waals surface area contributed by atoms with Crippen LogP contribution < -0.4 is 0 Å². The second kappa shape index (κ2) is 3.42. The van der Waals surface area contributed by atoms with E-state index in [0.717, 1.165) is 0 Å². The Hall–Kier alpha value is -1.59. The maximum atomic E-state index is 12.4. The van der Waals surface area contributed by atoms with Crippen molar-refractivity contribution in [1.82, 2.24) is 4.98 Å². The van der Waals surface area contributed by atoms with Crippen LogP contribution in [-0.2, 0) is 0 Å². The van der Waals surface area contributed by atoms with E-state index in [2.05, 4.69) is 4.98 Å². The van der Waals surface area contributed by atoms with Crippen LogP contribution in [0.15, 0.2) is 12.3 Å². The third-order valence-corrected chi connectivity index (χ3v) is 1.32.